The molecule has 14 heavy (non-hydrogen) atoms. The van der Waals surface area contributed by atoms with Crippen molar-refractivity contribution < 1.29 is 9.21 Å². The predicted molar refractivity (Wildman–Crippen MR) is 58.9 cm³/mol. The van der Waals surface area contributed by atoms with Crippen LogP contribution in [0.2, 0.25) is 5.02 Å². The molecule has 0 radical (unpaired) electrons. The van der Waals surface area contributed by atoms with Crippen molar-refractivity contribution in [1.29, 1.82) is 0 Å². The fourth-order valence-electron chi connectivity index (χ4n) is 1.27. The second kappa shape index (κ2) is 3.41. The van der Waals surface area contributed by atoms with E-state index in [2.05, 4.69) is 15.9 Å². The van der Waals surface area contributed by atoms with Crippen LogP contribution in [0.25, 0.3) is 11.0 Å². The van der Waals surface area contributed by atoms with Crippen LogP contribution in [-0.4, -0.2) is 5.78 Å². The molecule has 2 aromatic rings. The Balaban J connectivity index is 2.80. The highest BCUT2D eigenvalue weighted by Crippen LogP contribution is 2.32. The van der Waals surface area contributed by atoms with Gasteiger partial charge in [0, 0.05) is 16.8 Å². The molecule has 2 nitrogen and oxygen atoms in total. The zero-order valence-electron chi connectivity index (χ0n) is 7.30. The summed E-state index contributed by atoms with van der Waals surface area (Å²) in [5, 5.41) is 1.14. The van der Waals surface area contributed by atoms with E-state index in [-0.39, 0.29) is 11.5 Å². The minimum absolute atomic E-state index is 0.165. The van der Waals surface area contributed by atoms with Gasteiger partial charge in [-0.05, 0) is 18.2 Å². The van der Waals surface area contributed by atoms with Crippen molar-refractivity contribution >= 4 is 44.3 Å². The summed E-state index contributed by atoms with van der Waals surface area (Å²) in [4.78, 5) is 11.1. The van der Waals surface area contributed by atoms with Crippen LogP contribution in [0.1, 0.15) is 17.5 Å². The van der Waals surface area contributed by atoms with Crippen molar-refractivity contribution in [3.63, 3.8) is 0 Å². The number of rotatable bonds is 1. The van der Waals surface area contributed by atoms with Crippen molar-refractivity contribution in [3.05, 3.63) is 33.5 Å². The Morgan fingerprint density at radius 1 is 1.50 bits per heavy atom. The Kier molecular flexibility index (Phi) is 2.37. The molecule has 0 bridgehead atoms. The molecule has 1 aromatic heterocycles. The third kappa shape index (κ3) is 1.47. The number of fused-ring (bicyclic) bond motifs is 1. The molecular formula is C10H6BrClO2. The molecule has 4 heteroatoms. The molecule has 0 fully saturated rings. The van der Waals surface area contributed by atoms with Crippen LogP contribution in [0, 0.1) is 0 Å². The highest BCUT2D eigenvalue weighted by Gasteiger charge is 2.15. The lowest BCUT2D eigenvalue weighted by Crippen LogP contribution is -1.87. The normalized spacial score (nSPS) is 10.8. The molecular weight excluding hydrogens is 267 g/mol. The molecule has 0 saturated carbocycles. The van der Waals surface area contributed by atoms with Gasteiger partial charge in [-0.2, -0.15) is 0 Å². The van der Waals surface area contributed by atoms with E-state index in [4.69, 9.17) is 16.0 Å². The van der Waals surface area contributed by atoms with Gasteiger partial charge in [-0.25, -0.2) is 0 Å². The molecule has 0 amide bonds. The van der Waals surface area contributed by atoms with Crippen molar-refractivity contribution in [1.82, 2.24) is 0 Å². The number of hydrogen-bond acceptors (Lipinski definition) is 2. The molecule has 0 spiro atoms. The van der Waals surface area contributed by atoms with E-state index in [1.165, 1.54) is 6.92 Å². The highest BCUT2D eigenvalue weighted by molar-refractivity contribution is 9.10. The predicted octanol–water partition coefficient (Wildman–Crippen LogP) is 4.05. The number of carbonyl (C=O) groups excluding carboxylic acids is 1. The van der Waals surface area contributed by atoms with Gasteiger partial charge in [0.05, 0.1) is 5.02 Å². The van der Waals surface area contributed by atoms with Crippen LogP contribution >= 0.6 is 27.5 Å². The standard InChI is InChI=1S/C10H6BrClO2/c1-5(13)10-9(12)7-4-6(11)2-3-8(7)14-10/h2-4H,1H3. The highest BCUT2D eigenvalue weighted by atomic mass is 79.9. The lowest BCUT2D eigenvalue weighted by molar-refractivity contribution is 0.0989. The van der Waals surface area contributed by atoms with Gasteiger partial charge in [0.25, 0.3) is 0 Å². The summed E-state index contributed by atoms with van der Waals surface area (Å²) in [6, 6.07) is 5.44. The lowest BCUT2D eigenvalue weighted by Gasteiger charge is -1.89. The lowest BCUT2D eigenvalue weighted by atomic mass is 10.2. The fourth-order valence-corrected chi connectivity index (χ4v) is 1.95. The van der Waals surface area contributed by atoms with Gasteiger partial charge in [-0.3, -0.25) is 4.79 Å². The maximum Gasteiger partial charge on any atom is 0.196 e. The number of halogens is 2. The van der Waals surface area contributed by atoms with E-state index in [9.17, 15) is 4.79 Å². The average Bonchev–Trinajstić information content (AvgIpc) is 2.44. The maximum atomic E-state index is 11.1. The van der Waals surface area contributed by atoms with Gasteiger partial charge in [0.2, 0.25) is 0 Å². The molecule has 1 aromatic carbocycles. The Labute approximate surface area is 94.0 Å². The summed E-state index contributed by atoms with van der Waals surface area (Å²) in [5.74, 6) is 0.0575. The van der Waals surface area contributed by atoms with E-state index < -0.39 is 0 Å². The largest absolute Gasteiger partial charge is 0.451 e. The number of furan rings is 1. The second-order valence-electron chi connectivity index (χ2n) is 2.94. The molecule has 2 rings (SSSR count). The zero-order valence-corrected chi connectivity index (χ0v) is 9.65. The second-order valence-corrected chi connectivity index (χ2v) is 4.24. The van der Waals surface area contributed by atoms with Crippen LogP contribution in [0.5, 0.6) is 0 Å². The van der Waals surface area contributed by atoms with Gasteiger partial charge in [0.15, 0.2) is 11.5 Å². The molecule has 0 atom stereocenters. The molecule has 0 saturated heterocycles. The van der Waals surface area contributed by atoms with Crippen LogP contribution in [-0.2, 0) is 0 Å². The van der Waals surface area contributed by atoms with Gasteiger partial charge < -0.3 is 4.42 Å². The monoisotopic (exact) mass is 272 g/mol. The minimum Gasteiger partial charge on any atom is -0.451 e. The number of benzene rings is 1. The number of ketones is 1. The van der Waals surface area contributed by atoms with E-state index >= 15 is 0 Å². The third-order valence-electron chi connectivity index (χ3n) is 1.91. The Morgan fingerprint density at radius 2 is 2.21 bits per heavy atom. The summed E-state index contributed by atoms with van der Waals surface area (Å²) in [7, 11) is 0. The molecule has 72 valence electrons. The van der Waals surface area contributed by atoms with Crippen molar-refractivity contribution in [3.8, 4) is 0 Å². The minimum atomic E-state index is -0.165. The van der Waals surface area contributed by atoms with Gasteiger partial charge in [0.1, 0.15) is 5.58 Å². The van der Waals surface area contributed by atoms with Gasteiger partial charge in [-0.1, -0.05) is 27.5 Å². The topological polar surface area (TPSA) is 30.2 Å². The molecule has 0 aliphatic rings. The Bertz CT molecular complexity index is 516. The van der Waals surface area contributed by atoms with Gasteiger partial charge in [-0.15, -0.1) is 0 Å². The number of carbonyl (C=O) groups is 1. The molecule has 0 N–H and O–H groups in total. The Morgan fingerprint density at radius 3 is 2.86 bits per heavy atom. The summed E-state index contributed by atoms with van der Waals surface area (Å²) < 4.78 is 6.22. The summed E-state index contributed by atoms with van der Waals surface area (Å²) in [5.41, 5.74) is 0.628. The van der Waals surface area contributed by atoms with Gasteiger partial charge >= 0.3 is 0 Å². The Hall–Kier alpha value is -0.800. The van der Waals surface area contributed by atoms with Crippen molar-refractivity contribution in [2.45, 2.75) is 6.92 Å². The van der Waals surface area contributed by atoms with E-state index in [1.54, 1.807) is 6.07 Å². The van der Waals surface area contributed by atoms with Crippen LogP contribution in [0.4, 0.5) is 0 Å². The number of hydrogen-bond donors (Lipinski definition) is 0. The fraction of sp³-hybridized carbons (Fsp3) is 0.100. The number of Topliss-reactive ketones (excluding diaryl/α,β-unsaturated/α-hetero) is 1. The van der Waals surface area contributed by atoms with Crippen LogP contribution in [0.15, 0.2) is 27.1 Å². The first-order valence-corrected chi connectivity index (χ1v) is 5.15. The molecule has 0 aliphatic heterocycles. The van der Waals surface area contributed by atoms with E-state index in [0.717, 1.165) is 9.86 Å². The first kappa shape index (κ1) is 9.74. The summed E-state index contributed by atoms with van der Waals surface area (Å²) in [6.07, 6.45) is 0. The maximum absolute atomic E-state index is 11.1. The molecule has 0 unspecified atom stereocenters. The zero-order chi connectivity index (χ0) is 10.3. The third-order valence-corrected chi connectivity index (χ3v) is 2.78. The first-order chi connectivity index (χ1) is 6.59. The van der Waals surface area contributed by atoms with Crippen molar-refractivity contribution in [2.75, 3.05) is 0 Å². The SMILES string of the molecule is CC(=O)c1oc2ccc(Br)cc2c1Cl. The van der Waals surface area contributed by atoms with E-state index in [1.807, 2.05) is 12.1 Å². The smallest absolute Gasteiger partial charge is 0.196 e. The van der Waals surface area contributed by atoms with Crippen LogP contribution in [0.3, 0.4) is 0 Å². The van der Waals surface area contributed by atoms with E-state index in [0.29, 0.717) is 10.6 Å². The molecule has 0 aliphatic carbocycles. The van der Waals surface area contributed by atoms with Crippen molar-refractivity contribution in [2.24, 2.45) is 0 Å². The summed E-state index contributed by atoms with van der Waals surface area (Å²) in [6.45, 7) is 1.43. The quantitative estimate of drug-likeness (QED) is 0.734. The molecule has 1 heterocycles. The summed E-state index contributed by atoms with van der Waals surface area (Å²) >= 11 is 9.32. The first-order valence-electron chi connectivity index (χ1n) is 3.98. The average molecular weight is 274 g/mol. The van der Waals surface area contributed by atoms with Crippen LogP contribution < -0.4 is 0 Å².